The fourth-order valence-corrected chi connectivity index (χ4v) is 2.07. The molecule has 0 saturated carbocycles. The second kappa shape index (κ2) is 4.37. The van der Waals surface area contributed by atoms with E-state index in [4.69, 9.17) is 0 Å². The Morgan fingerprint density at radius 2 is 1.41 bits per heavy atom. The molecule has 2 aromatic carbocycles. The number of rotatable bonds is 1. The summed E-state index contributed by atoms with van der Waals surface area (Å²) in [6.07, 6.45) is 0. The first-order valence-electron chi connectivity index (χ1n) is 6.00. The van der Waals surface area contributed by atoms with Crippen LogP contribution in [0.1, 0.15) is 31.9 Å². The predicted octanol–water partition coefficient (Wildman–Crippen LogP) is 4.83. The third kappa shape index (κ3) is 2.58. The Labute approximate surface area is 104 Å². The van der Waals surface area contributed by atoms with Crippen LogP contribution in [0.15, 0.2) is 48.5 Å². The average molecular weight is 223 g/mol. The summed E-state index contributed by atoms with van der Waals surface area (Å²) in [5, 5.41) is 0. The summed E-state index contributed by atoms with van der Waals surface area (Å²) in [5.74, 6) is 0. The molecule has 0 fully saturated rings. The second-order valence-electron chi connectivity index (χ2n) is 5.49. The summed E-state index contributed by atoms with van der Waals surface area (Å²) in [6, 6.07) is 17.0. The summed E-state index contributed by atoms with van der Waals surface area (Å²) in [5.41, 5.74) is 5.20. The van der Waals surface area contributed by atoms with Gasteiger partial charge in [0.15, 0.2) is 0 Å². The van der Waals surface area contributed by atoms with Gasteiger partial charge >= 0.3 is 0 Å². The van der Waals surface area contributed by atoms with Gasteiger partial charge in [0.2, 0.25) is 0 Å². The van der Waals surface area contributed by atoms with Crippen LogP contribution in [0.25, 0.3) is 11.1 Å². The summed E-state index contributed by atoms with van der Waals surface area (Å²) in [6.45, 7) is 10.7. The molecule has 0 atom stereocenters. The van der Waals surface area contributed by atoms with Crippen molar-refractivity contribution < 1.29 is 0 Å². The monoisotopic (exact) mass is 223 g/mol. The molecule has 0 heteroatoms. The summed E-state index contributed by atoms with van der Waals surface area (Å²) >= 11 is 0. The maximum Gasteiger partial charge on any atom is -0.0126 e. The number of hydrogen-bond acceptors (Lipinski definition) is 0. The minimum absolute atomic E-state index is 0.166. The molecule has 17 heavy (non-hydrogen) atoms. The van der Waals surface area contributed by atoms with Gasteiger partial charge in [-0.1, -0.05) is 69.3 Å². The first-order chi connectivity index (χ1) is 7.98. The molecule has 1 radical (unpaired) electrons. The van der Waals surface area contributed by atoms with Crippen LogP contribution in [0.4, 0.5) is 0 Å². The van der Waals surface area contributed by atoms with Crippen LogP contribution in [0.3, 0.4) is 0 Å². The topological polar surface area (TPSA) is 0 Å². The SMILES string of the molecule is [CH2]c1ccc(-c2ccccc2C(C)(C)C)cc1. The molecule has 2 rings (SSSR count). The second-order valence-corrected chi connectivity index (χ2v) is 5.49. The van der Waals surface area contributed by atoms with E-state index in [0.29, 0.717) is 0 Å². The van der Waals surface area contributed by atoms with E-state index < -0.39 is 0 Å². The van der Waals surface area contributed by atoms with Crippen LogP contribution in [-0.4, -0.2) is 0 Å². The maximum atomic E-state index is 3.93. The zero-order valence-corrected chi connectivity index (χ0v) is 10.8. The van der Waals surface area contributed by atoms with E-state index in [-0.39, 0.29) is 5.41 Å². The fraction of sp³-hybridized carbons (Fsp3) is 0.235. The van der Waals surface area contributed by atoms with Gasteiger partial charge in [-0.15, -0.1) is 0 Å². The lowest BCUT2D eigenvalue weighted by molar-refractivity contribution is 0.592. The molecule has 0 aliphatic heterocycles. The van der Waals surface area contributed by atoms with Crippen molar-refractivity contribution >= 4 is 0 Å². The molecule has 0 aliphatic carbocycles. The predicted molar refractivity (Wildman–Crippen MR) is 75.0 cm³/mol. The van der Waals surface area contributed by atoms with Crippen molar-refractivity contribution in [3.63, 3.8) is 0 Å². The van der Waals surface area contributed by atoms with E-state index in [1.165, 1.54) is 16.7 Å². The van der Waals surface area contributed by atoms with Crippen LogP contribution in [0.2, 0.25) is 0 Å². The Morgan fingerprint density at radius 3 is 2.00 bits per heavy atom. The van der Waals surface area contributed by atoms with Crippen molar-refractivity contribution in [3.8, 4) is 11.1 Å². The van der Waals surface area contributed by atoms with Gasteiger partial charge in [-0.05, 0) is 34.6 Å². The molecule has 0 nitrogen and oxygen atoms in total. The summed E-state index contributed by atoms with van der Waals surface area (Å²) in [4.78, 5) is 0. The largest absolute Gasteiger partial charge is 0.0619 e. The third-order valence-electron chi connectivity index (χ3n) is 3.00. The summed E-state index contributed by atoms with van der Waals surface area (Å²) in [7, 11) is 0. The van der Waals surface area contributed by atoms with Crippen molar-refractivity contribution in [1.29, 1.82) is 0 Å². The number of hydrogen-bond donors (Lipinski definition) is 0. The Bertz CT molecular complexity index is 498. The zero-order valence-electron chi connectivity index (χ0n) is 10.8. The highest BCUT2D eigenvalue weighted by molar-refractivity contribution is 5.69. The van der Waals surface area contributed by atoms with Crippen LogP contribution in [0, 0.1) is 6.92 Å². The molecule has 0 aromatic heterocycles. The van der Waals surface area contributed by atoms with Crippen LogP contribution in [-0.2, 0) is 5.41 Å². The Hall–Kier alpha value is -1.56. The third-order valence-corrected chi connectivity index (χ3v) is 3.00. The summed E-state index contributed by atoms with van der Waals surface area (Å²) < 4.78 is 0. The van der Waals surface area contributed by atoms with E-state index in [0.717, 1.165) is 5.56 Å². The van der Waals surface area contributed by atoms with Crippen LogP contribution >= 0.6 is 0 Å². The van der Waals surface area contributed by atoms with Crippen molar-refractivity contribution in [2.45, 2.75) is 26.2 Å². The van der Waals surface area contributed by atoms with Gasteiger partial charge in [-0.25, -0.2) is 0 Å². The maximum absolute atomic E-state index is 3.93. The van der Waals surface area contributed by atoms with Gasteiger partial charge in [-0.2, -0.15) is 0 Å². The van der Waals surface area contributed by atoms with Gasteiger partial charge in [-0.3, -0.25) is 0 Å². The van der Waals surface area contributed by atoms with Gasteiger partial charge < -0.3 is 0 Å². The smallest absolute Gasteiger partial charge is 0.0126 e. The Morgan fingerprint density at radius 1 is 0.824 bits per heavy atom. The Balaban J connectivity index is 2.56. The highest BCUT2D eigenvalue weighted by Gasteiger charge is 2.17. The normalized spacial score (nSPS) is 11.5. The lowest BCUT2D eigenvalue weighted by Crippen LogP contribution is -2.12. The molecule has 0 saturated heterocycles. The van der Waals surface area contributed by atoms with E-state index in [1.54, 1.807) is 0 Å². The zero-order chi connectivity index (χ0) is 12.5. The van der Waals surface area contributed by atoms with Gasteiger partial charge in [0.1, 0.15) is 0 Å². The molecular formula is C17H19. The minimum atomic E-state index is 0.166. The molecule has 0 spiro atoms. The minimum Gasteiger partial charge on any atom is -0.0619 e. The van der Waals surface area contributed by atoms with E-state index in [9.17, 15) is 0 Å². The Kier molecular flexibility index (Phi) is 3.06. The van der Waals surface area contributed by atoms with Crippen molar-refractivity contribution in [1.82, 2.24) is 0 Å². The lowest BCUT2D eigenvalue weighted by Gasteiger charge is -2.23. The molecule has 0 heterocycles. The van der Waals surface area contributed by atoms with Gasteiger partial charge in [0.05, 0.1) is 0 Å². The number of benzene rings is 2. The molecule has 0 unspecified atom stereocenters. The quantitative estimate of drug-likeness (QED) is 0.649. The van der Waals surface area contributed by atoms with E-state index >= 15 is 0 Å². The van der Waals surface area contributed by atoms with Crippen LogP contribution < -0.4 is 0 Å². The van der Waals surface area contributed by atoms with Crippen molar-refractivity contribution in [2.24, 2.45) is 0 Å². The van der Waals surface area contributed by atoms with Gasteiger partial charge in [0.25, 0.3) is 0 Å². The van der Waals surface area contributed by atoms with Gasteiger partial charge in [0, 0.05) is 0 Å². The highest BCUT2D eigenvalue weighted by Crippen LogP contribution is 2.32. The van der Waals surface area contributed by atoms with E-state index in [2.05, 4.69) is 76.2 Å². The van der Waals surface area contributed by atoms with Crippen LogP contribution in [0.5, 0.6) is 0 Å². The molecule has 0 amide bonds. The molecule has 0 N–H and O–H groups in total. The van der Waals surface area contributed by atoms with Crippen molar-refractivity contribution in [3.05, 3.63) is 66.6 Å². The molecular weight excluding hydrogens is 204 g/mol. The lowest BCUT2D eigenvalue weighted by atomic mass is 9.82. The first kappa shape index (κ1) is 11.9. The van der Waals surface area contributed by atoms with E-state index in [1.807, 2.05) is 0 Å². The average Bonchev–Trinajstić information content (AvgIpc) is 2.29. The molecule has 0 aliphatic rings. The standard InChI is InChI=1S/C17H19/c1-13-9-11-14(12-10-13)15-7-5-6-8-16(15)17(2,3)4/h5-12H,1H2,2-4H3. The first-order valence-corrected chi connectivity index (χ1v) is 6.00. The molecule has 0 bridgehead atoms. The van der Waals surface area contributed by atoms with Crippen molar-refractivity contribution in [2.75, 3.05) is 0 Å². The highest BCUT2D eigenvalue weighted by atomic mass is 14.2. The molecule has 87 valence electrons. The molecule has 2 aromatic rings. The fourth-order valence-electron chi connectivity index (χ4n) is 2.07.